The second kappa shape index (κ2) is 8.29. The Kier molecular flexibility index (Phi) is 5.34. The van der Waals surface area contributed by atoms with Crippen LogP contribution in [0.5, 0.6) is 0 Å². The molecule has 5 rings (SSSR count). The number of benzene rings is 1. The van der Waals surface area contributed by atoms with E-state index >= 15 is 0 Å². The van der Waals surface area contributed by atoms with Gasteiger partial charge in [-0.15, -0.1) is 0 Å². The Morgan fingerprint density at radius 2 is 1.71 bits per heavy atom. The van der Waals surface area contributed by atoms with Crippen molar-refractivity contribution in [2.75, 3.05) is 31.1 Å². The molecule has 7 heteroatoms. The molecule has 1 saturated heterocycles. The lowest BCUT2D eigenvalue weighted by atomic mass is 10.1. The number of piperazine rings is 1. The summed E-state index contributed by atoms with van der Waals surface area (Å²) in [5, 5.41) is 5.60. The summed E-state index contributed by atoms with van der Waals surface area (Å²) in [5.41, 5.74) is 1.83. The number of hydrogen-bond acceptors (Lipinski definition) is 5. The highest BCUT2D eigenvalue weighted by molar-refractivity contribution is 5.88. The van der Waals surface area contributed by atoms with Crippen LogP contribution in [0.1, 0.15) is 51.3 Å². The highest BCUT2D eigenvalue weighted by Crippen LogP contribution is 2.30. The number of para-hydroxylation sites is 1. The second-order valence-electron chi connectivity index (χ2n) is 8.98. The summed E-state index contributed by atoms with van der Waals surface area (Å²) in [4.78, 5) is 27.0. The number of rotatable bonds is 4. The van der Waals surface area contributed by atoms with Gasteiger partial charge >= 0.3 is 0 Å². The van der Waals surface area contributed by atoms with Gasteiger partial charge in [0, 0.05) is 38.0 Å². The van der Waals surface area contributed by atoms with Crippen LogP contribution in [0.4, 0.5) is 5.82 Å². The van der Waals surface area contributed by atoms with Crippen molar-refractivity contribution in [3.8, 4) is 5.69 Å². The first kappa shape index (κ1) is 20.0. The minimum atomic E-state index is 0.215. The molecule has 1 amide bonds. The molecule has 162 valence electrons. The van der Waals surface area contributed by atoms with Gasteiger partial charge in [-0.1, -0.05) is 44.9 Å². The monoisotopic (exact) mass is 418 g/mol. The Morgan fingerprint density at radius 1 is 1.00 bits per heavy atom. The van der Waals surface area contributed by atoms with E-state index in [2.05, 4.69) is 28.7 Å². The number of amides is 1. The minimum absolute atomic E-state index is 0.215. The number of nitrogens with zero attached hydrogens (tertiary/aromatic N) is 6. The maximum Gasteiger partial charge on any atom is 0.225 e. The average molecular weight is 419 g/mol. The summed E-state index contributed by atoms with van der Waals surface area (Å²) < 4.78 is 1.90. The predicted molar refractivity (Wildman–Crippen MR) is 122 cm³/mol. The second-order valence-corrected chi connectivity index (χ2v) is 8.98. The van der Waals surface area contributed by atoms with E-state index in [0.717, 1.165) is 67.4 Å². The third kappa shape index (κ3) is 3.77. The number of carbonyl (C=O) groups excluding carboxylic acids is 1. The molecule has 2 fully saturated rings. The zero-order valence-electron chi connectivity index (χ0n) is 18.4. The Morgan fingerprint density at radius 3 is 2.39 bits per heavy atom. The number of carbonyl (C=O) groups is 1. The Hall–Kier alpha value is -2.96. The van der Waals surface area contributed by atoms with Crippen molar-refractivity contribution in [1.82, 2.24) is 24.6 Å². The first-order valence-corrected chi connectivity index (χ1v) is 11.5. The lowest BCUT2D eigenvalue weighted by Gasteiger charge is -2.37. The minimum Gasteiger partial charge on any atom is -0.352 e. The van der Waals surface area contributed by atoms with Crippen molar-refractivity contribution in [3.05, 3.63) is 42.4 Å². The zero-order chi connectivity index (χ0) is 21.4. The van der Waals surface area contributed by atoms with Crippen molar-refractivity contribution in [2.24, 2.45) is 5.92 Å². The molecule has 1 saturated carbocycles. The van der Waals surface area contributed by atoms with Gasteiger partial charge < -0.3 is 9.80 Å². The Labute approximate surface area is 183 Å². The van der Waals surface area contributed by atoms with Crippen LogP contribution < -0.4 is 4.90 Å². The first-order chi connectivity index (χ1) is 15.1. The number of anilines is 1. The average Bonchev–Trinajstić information content (AvgIpc) is 3.49. The van der Waals surface area contributed by atoms with E-state index in [1.54, 1.807) is 0 Å². The van der Waals surface area contributed by atoms with Gasteiger partial charge in [-0.25, -0.2) is 14.6 Å². The SMILES string of the molecule is CC(C)c1nc(N2CCN(C(=O)C3CCCC3)CC2)c2cnn(-c3ccccc3)c2n1. The van der Waals surface area contributed by atoms with Crippen LogP contribution in [0.15, 0.2) is 36.5 Å². The quantitative estimate of drug-likeness (QED) is 0.645. The van der Waals surface area contributed by atoms with Gasteiger partial charge in [0.05, 0.1) is 17.3 Å². The molecule has 31 heavy (non-hydrogen) atoms. The third-order valence-corrected chi connectivity index (χ3v) is 6.54. The summed E-state index contributed by atoms with van der Waals surface area (Å²) in [7, 11) is 0. The van der Waals surface area contributed by atoms with E-state index in [9.17, 15) is 4.79 Å². The van der Waals surface area contributed by atoms with Gasteiger partial charge in [-0.05, 0) is 25.0 Å². The summed E-state index contributed by atoms with van der Waals surface area (Å²) in [6, 6.07) is 10.1. The van der Waals surface area contributed by atoms with Crippen molar-refractivity contribution in [3.63, 3.8) is 0 Å². The largest absolute Gasteiger partial charge is 0.352 e. The van der Waals surface area contributed by atoms with Crippen LogP contribution in [0.2, 0.25) is 0 Å². The maximum absolute atomic E-state index is 12.8. The van der Waals surface area contributed by atoms with Gasteiger partial charge in [0.15, 0.2) is 5.65 Å². The molecular weight excluding hydrogens is 388 g/mol. The lowest BCUT2D eigenvalue weighted by Crippen LogP contribution is -2.50. The van der Waals surface area contributed by atoms with E-state index < -0.39 is 0 Å². The fourth-order valence-corrected chi connectivity index (χ4v) is 4.74. The van der Waals surface area contributed by atoms with E-state index in [-0.39, 0.29) is 11.8 Å². The molecule has 0 N–H and O–H groups in total. The van der Waals surface area contributed by atoms with E-state index in [1.807, 2.05) is 41.2 Å². The van der Waals surface area contributed by atoms with Crippen LogP contribution in [0, 0.1) is 5.92 Å². The molecule has 1 aromatic carbocycles. The standard InChI is InChI=1S/C24H30N6O/c1-17(2)21-26-22(20-16-25-30(23(20)27-21)19-10-4-3-5-11-19)28-12-14-29(15-13-28)24(31)18-8-6-7-9-18/h3-5,10-11,16-18H,6-9,12-15H2,1-2H3. The number of hydrogen-bond donors (Lipinski definition) is 0. The first-order valence-electron chi connectivity index (χ1n) is 11.5. The van der Waals surface area contributed by atoms with E-state index in [1.165, 1.54) is 12.8 Å². The van der Waals surface area contributed by atoms with Crippen LogP contribution >= 0.6 is 0 Å². The van der Waals surface area contributed by atoms with Crippen LogP contribution in [-0.4, -0.2) is 56.7 Å². The van der Waals surface area contributed by atoms with Crippen molar-refractivity contribution >= 4 is 22.8 Å². The molecule has 0 unspecified atom stereocenters. The summed E-state index contributed by atoms with van der Waals surface area (Å²) >= 11 is 0. The Balaban J connectivity index is 1.44. The molecule has 7 nitrogen and oxygen atoms in total. The number of fused-ring (bicyclic) bond motifs is 1. The molecule has 0 spiro atoms. The summed E-state index contributed by atoms with van der Waals surface area (Å²) in [6.45, 7) is 7.32. The predicted octanol–water partition coefficient (Wildman–Crippen LogP) is 3.78. The van der Waals surface area contributed by atoms with Crippen molar-refractivity contribution < 1.29 is 4.79 Å². The molecule has 2 aromatic heterocycles. The molecule has 0 atom stereocenters. The molecule has 0 radical (unpaired) electrons. The highest BCUT2D eigenvalue weighted by atomic mass is 16.2. The fraction of sp³-hybridized carbons (Fsp3) is 0.500. The molecular formula is C24H30N6O. The van der Waals surface area contributed by atoms with Crippen LogP contribution in [0.25, 0.3) is 16.7 Å². The molecule has 1 aliphatic heterocycles. The molecule has 3 heterocycles. The van der Waals surface area contributed by atoms with Gasteiger partial charge in [0.1, 0.15) is 11.6 Å². The lowest BCUT2D eigenvalue weighted by molar-refractivity contribution is -0.135. The third-order valence-electron chi connectivity index (χ3n) is 6.54. The smallest absolute Gasteiger partial charge is 0.225 e. The summed E-state index contributed by atoms with van der Waals surface area (Å²) in [6.07, 6.45) is 6.37. The van der Waals surface area contributed by atoms with Gasteiger partial charge in [-0.3, -0.25) is 4.79 Å². The normalized spacial score (nSPS) is 17.8. The highest BCUT2D eigenvalue weighted by Gasteiger charge is 2.30. The van der Waals surface area contributed by atoms with Gasteiger partial charge in [0.25, 0.3) is 0 Å². The molecule has 3 aromatic rings. The van der Waals surface area contributed by atoms with E-state index in [4.69, 9.17) is 9.97 Å². The molecule has 2 aliphatic rings. The maximum atomic E-state index is 12.8. The Bertz CT molecular complexity index is 1060. The molecule has 1 aliphatic carbocycles. The topological polar surface area (TPSA) is 67.2 Å². The number of aromatic nitrogens is 4. The van der Waals surface area contributed by atoms with Crippen LogP contribution in [0.3, 0.4) is 0 Å². The molecule has 0 bridgehead atoms. The zero-order valence-corrected chi connectivity index (χ0v) is 18.4. The van der Waals surface area contributed by atoms with Gasteiger partial charge in [0.2, 0.25) is 5.91 Å². The van der Waals surface area contributed by atoms with Crippen molar-refractivity contribution in [1.29, 1.82) is 0 Å². The van der Waals surface area contributed by atoms with E-state index in [0.29, 0.717) is 5.91 Å². The van der Waals surface area contributed by atoms with Gasteiger partial charge in [-0.2, -0.15) is 5.10 Å². The van der Waals surface area contributed by atoms with Crippen LogP contribution in [-0.2, 0) is 4.79 Å². The van der Waals surface area contributed by atoms with Crippen molar-refractivity contribution in [2.45, 2.75) is 45.4 Å². The fourth-order valence-electron chi connectivity index (χ4n) is 4.74. The summed E-state index contributed by atoms with van der Waals surface area (Å²) in [5.74, 6) is 2.57.